The molecule has 0 aliphatic heterocycles. The third kappa shape index (κ3) is 5.67. The second kappa shape index (κ2) is 9.71. The summed E-state index contributed by atoms with van der Waals surface area (Å²) in [5, 5.41) is 6.19. The van der Waals surface area contributed by atoms with Gasteiger partial charge in [0.2, 0.25) is 0 Å². The summed E-state index contributed by atoms with van der Waals surface area (Å²) in [6, 6.07) is 13.2. The molecule has 140 valence electrons. The van der Waals surface area contributed by atoms with Crippen LogP contribution in [0.25, 0.3) is 0 Å². The lowest BCUT2D eigenvalue weighted by atomic mass is 10.1. The van der Waals surface area contributed by atoms with E-state index >= 15 is 0 Å². The van der Waals surface area contributed by atoms with E-state index in [1.165, 1.54) is 13.3 Å². The number of para-hydroxylation sites is 2. The lowest BCUT2D eigenvalue weighted by Gasteiger charge is -2.10. The first-order valence-electron chi connectivity index (χ1n) is 8.09. The Kier molecular flexibility index (Phi) is 7.07. The predicted octanol–water partition coefficient (Wildman–Crippen LogP) is 1.96. The summed E-state index contributed by atoms with van der Waals surface area (Å²) < 4.78 is 9.99. The maximum absolute atomic E-state index is 12.0. The summed E-state index contributed by atoms with van der Waals surface area (Å²) >= 11 is 0. The Labute approximate surface area is 156 Å². The molecule has 0 saturated heterocycles. The van der Waals surface area contributed by atoms with Gasteiger partial charge in [-0.1, -0.05) is 24.3 Å². The number of anilines is 1. The topological polar surface area (TPSA) is 106 Å². The van der Waals surface area contributed by atoms with Crippen molar-refractivity contribution in [2.75, 3.05) is 19.0 Å². The number of hydrazone groups is 1. The van der Waals surface area contributed by atoms with E-state index in [9.17, 15) is 14.4 Å². The van der Waals surface area contributed by atoms with Crippen molar-refractivity contribution in [3.05, 3.63) is 59.7 Å². The Morgan fingerprint density at radius 2 is 1.74 bits per heavy atom. The largest absolute Gasteiger partial charge is 0.492 e. The number of amides is 2. The van der Waals surface area contributed by atoms with Gasteiger partial charge in [-0.25, -0.2) is 10.2 Å². The molecule has 2 aromatic rings. The fourth-order valence-corrected chi connectivity index (χ4v) is 2.07. The van der Waals surface area contributed by atoms with Gasteiger partial charge in [-0.3, -0.25) is 9.59 Å². The van der Waals surface area contributed by atoms with Crippen molar-refractivity contribution in [2.45, 2.75) is 6.92 Å². The van der Waals surface area contributed by atoms with Crippen molar-refractivity contribution < 1.29 is 23.9 Å². The van der Waals surface area contributed by atoms with Crippen LogP contribution in [0.5, 0.6) is 5.75 Å². The number of nitrogens with zero attached hydrogens (tertiary/aromatic N) is 1. The number of carbonyl (C=O) groups excluding carboxylic acids is 3. The van der Waals surface area contributed by atoms with Crippen molar-refractivity contribution in [3.63, 3.8) is 0 Å². The molecule has 0 saturated carbocycles. The standard InChI is InChI=1S/C19H19N3O5/c1-3-27-16-7-5-4-6-15(16)21-17(23)18(24)22-20-12-13-8-10-14(11-9-13)19(25)26-2/h4-12H,3H2,1-2H3,(H,21,23)(H,22,24)/b20-12-. The molecule has 0 spiro atoms. The van der Waals surface area contributed by atoms with Crippen LogP contribution >= 0.6 is 0 Å². The number of carbonyl (C=O) groups is 3. The average molecular weight is 369 g/mol. The van der Waals surface area contributed by atoms with Crippen LogP contribution in [0, 0.1) is 0 Å². The van der Waals surface area contributed by atoms with Crippen LogP contribution in [0.4, 0.5) is 5.69 Å². The van der Waals surface area contributed by atoms with E-state index in [0.29, 0.717) is 29.2 Å². The summed E-state index contributed by atoms with van der Waals surface area (Å²) in [6.07, 6.45) is 1.35. The Hall–Kier alpha value is -3.68. The molecular formula is C19H19N3O5. The Balaban J connectivity index is 1.92. The minimum Gasteiger partial charge on any atom is -0.492 e. The third-order valence-corrected chi connectivity index (χ3v) is 3.35. The Bertz CT molecular complexity index is 847. The number of rotatable bonds is 6. The average Bonchev–Trinajstić information content (AvgIpc) is 2.69. The van der Waals surface area contributed by atoms with E-state index in [-0.39, 0.29) is 0 Å². The first kappa shape index (κ1) is 19.6. The first-order chi connectivity index (χ1) is 13.0. The highest BCUT2D eigenvalue weighted by Gasteiger charge is 2.15. The molecule has 0 aromatic heterocycles. The fraction of sp³-hybridized carbons (Fsp3) is 0.158. The van der Waals surface area contributed by atoms with Gasteiger partial charge in [-0.15, -0.1) is 0 Å². The van der Waals surface area contributed by atoms with E-state index in [2.05, 4.69) is 20.6 Å². The molecule has 0 aliphatic rings. The van der Waals surface area contributed by atoms with Crippen molar-refractivity contribution >= 4 is 29.7 Å². The van der Waals surface area contributed by atoms with E-state index in [1.807, 2.05) is 6.92 Å². The molecular weight excluding hydrogens is 350 g/mol. The maximum atomic E-state index is 12.0. The molecule has 0 unspecified atom stereocenters. The van der Waals surface area contributed by atoms with E-state index < -0.39 is 17.8 Å². The van der Waals surface area contributed by atoms with E-state index in [1.54, 1.807) is 48.5 Å². The van der Waals surface area contributed by atoms with Crippen LogP contribution in [-0.4, -0.2) is 37.7 Å². The van der Waals surface area contributed by atoms with Gasteiger partial charge in [0, 0.05) is 0 Å². The highest BCUT2D eigenvalue weighted by atomic mass is 16.5. The molecule has 27 heavy (non-hydrogen) atoms. The quantitative estimate of drug-likeness (QED) is 0.350. The number of benzene rings is 2. The zero-order chi connectivity index (χ0) is 19.6. The number of nitrogens with one attached hydrogen (secondary N) is 2. The molecule has 0 fully saturated rings. The van der Waals surface area contributed by atoms with E-state index in [0.717, 1.165) is 0 Å². The molecule has 2 amide bonds. The van der Waals surface area contributed by atoms with Crippen molar-refractivity contribution in [2.24, 2.45) is 5.10 Å². The number of methoxy groups -OCH3 is 1. The molecule has 8 nitrogen and oxygen atoms in total. The predicted molar refractivity (Wildman–Crippen MR) is 99.8 cm³/mol. The normalized spacial score (nSPS) is 10.3. The van der Waals surface area contributed by atoms with Gasteiger partial charge in [0.1, 0.15) is 5.75 Å². The molecule has 0 bridgehead atoms. The molecule has 0 aliphatic carbocycles. The summed E-state index contributed by atoms with van der Waals surface area (Å²) in [4.78, 5) is 35.2. The maximum Gasteiger partial charge on any atom is 0.337 e. The molecule has 0 heterocycles. The van der Waals surface area contributed by atoms with Crippen molar-refractivity contribution in [3.8, 4) is 5.75 Å². The number of hydrogen-bond acceptors (Lipinski definition) is 6. The molecule has 2 N–H and O–H groups in total. The minimum absolute atomic E-state index is 0.391. The van der Waals surface area contributed by atoms with Gasteiger partial charge in [-0.2, -0.15) is 5.10 Å². The molecule has 8 heteroatoms. The third-order valence-electron chi connectivity index (χ3n) is 3.35. The van der Waals surface area contributed by atoms with Crippen LogP contribution < -0.4 is 15.5 Å². The zero-order valence-electron chi connectivity index (χ0n) is 14.9. The molecule has 0 atom stereocenters. The van der Waals surface area contributed by atoms with E-state index in [4.69, 9.17) is 4.74 Å². The van der Waals surface area contributed by atoms with Gasteiger partial charge in [0.05, 0.1) is 31.2 Å². The number of esters is 1. The molecule has 2 aromatic carbocycles. The lowest BCUT2D eigenvalue weighted by Crippen LogP contribution is -2.32. The zero-order valence-corrected chi connectivity index (χ0v) is 14.9. The summed E-state index contributed by atoms with van der Waals surface area (Å²) in [5.74, 6) is -1.78. The Morgan fingerprint density at radius 1 is 1.04 bits per heavy atom. The monoisotopic (exact) mass is 369 g/mol. The second-order valence-corrected chi connectivity index (χ2v) is 5.20. The number of hydrogen-bond donors (Lipinski definition) is 2. The Morgan fingerprint density at radius 3 is 2.41 bits per heavy atom. The van der Waals surface area contributed by atoms with Crippen molar-refractivity contribution in [1.29, 1.82) is 0 Å². The SMILES string of the molecule is CCOc1ccccc1NC(=O)C(=O)N/N=C\c1ccc(C(=O)OC)cc1. The van der Waals surface area contributed by atoms with Crippen molar-refractivity contribution in [1.82, 2.24) is 5.43 Å². The highest BCUT2D eigenvalue weighted by molar-refractivity contribution is 6.39. The fourth-order valence-electron chi connectivity index (χ4n) is 2.07. The van der Waals surface area contributed by atoms with Crippen LogP contribution in [0.15, 0.2) is 53.6 Å². The minimum atomic E-state index is -0.927. The summed E-state index contributed by atoms with van der Waals surface area (Å²) in [7, 11) is 1.30. The number of ether oxygens (including phenoxy) is 2. The molecule has 0 radical (unpaired) electrons. The van der Waals surface area contributed by atoms with Crippen LogP contribution in [0.3, 0.4) is 0 Å². The van der Waals surface area contributed by atoms with Gasteiger partial charge < -0.3 is 14.8 Å². The van der Waals surface area contributed by atoms with Crippen LogP contribution in [-0.2, 0) is 14.3 Å². The summed E-state index contributed by atoms with van der Waals surface area (Å²) in [5.41, 5.74) is 3.55. The van der Waals surface area contributed by atoms with Gasteiger partial charge in [0.15, 0.2) is 0 Å². The van der Waals surface area contributed by atoms with Gasteiger partial charge in [0.25, 0.3) is 0 Å². The van der Waals surface area contributed by atoms with Gasteiger partial charge >= 0.3 is 17.8 Å². The summed E-state index contributed by atoms with van der Waals surface area (Å²) in [6.45, 7) is 2.25. The molecule has 2 rings (SSSR count). The van der Waals surface area contributed by atoms with Crippen LogP contribution in [0.2, 0.25) is 0 Å². The van der Waals surface area contributed by atoms with Gasteiger partial charge in [-0.05, 0) is 36.8 Å². The van der Waals surface area contributed by atoms with Crippen LogP contribution in [0.1, 0.15) is 22.8 Å². The lowest BCUT2D eigenvalue weighted by molar-refractivity contribution is -0.136. The second-order valence-electron chi connectivity index (χ2n) is 5.20. The smallest absolute Gasteiger partial charge is 0.337 e. The highest BCUT2D eigenvalue weighted by Crippen LogP contribution is 2.23. The first-order valence-corrected chi connectivity index (χ1v) is 8.09.